The van der Waals surface area contributed by atoms with Crippen molar-refractivity contribution in [3.8, 4) is 0 Å². The van der Waals surface area contributed by atoms with Gasteiger partial charge in [0.25, 0.3) is 0 Å². The summed E-state index contributed by atoms with van der Waals surface area (Å²) in [4.78, 5) is 2.59. The summed E-state index contributed by atoms with van der Waals surface area (Å²) < 4.78 is 0. The Morgan fingerprint density at radius 3 is 2.71 bits per heavy atom. The van der Waals surface area contributed by atoms with Gasteiger partial charge in [0.15, 0.2) is 0 Å². The summed E-state index contributed by atoms with van der Waals surface area (Å²) in [5.74, 6) is 0.701. The van der Waals surface area contributed by atoms with Crippen LogP contribution in [-0.4, -0.2) is 19.6 Å². The van der Waals surface area contributed by atoms with E-state index in [1.54, 1.807) is 0 Å². The Labute approximate surface area is 130 Å². The number of piperidine rings is 1. The van der Waals surface area contributed by atoms with Crippen molar-refractivity contribution in [3.63, 3.8) is 0 Å². The highest BCUT2D eigenvalue weighted by Gasteiger charge is 2.27. The van der Waals surface area contributed by atoms with E-state index in [9.17, 15) is 0 Å². The zero-order valence-corrected chi connectivity index (χ0v) is 14.5. The maximum absolute atomic E-state index is 3.60. The maximum Gasteiger partial charge on any atom is 0.0412 e. The lowest BCUT2D eigenvalue weighted by atomic mass is 9.83. The Morgan fingerprint density at radius 2 is 2.05 bits per heavy atom. The first-order valence-corrected chi connectivity index (χ1v) is 8.42. The predicted octanol–water partition coefficient (Wildman–Crippen LogP) is 4.37. The Balaban J connectivity index is 2.14. The molecule has 1 fully saturated rings. The first-order valence-electron chi connectivity index (χ1n) is 8.42. The van der Waals surface area contributed by atoms with Crippen molar-refractivity contribution in [1.29, 1.82) is 0 Å². The Morgan fingerprint density at radius 1 is 1.29 bits per heavy atom. The molecule has 1 aliphatic heterocycles. The molecular formula is C19H32N2. The number of rotatable bonds is 5. The number of nitrogens with zero attached hydrogens (tertiary/aromatic N) is 1. The summed E-state index contributed by atoms with van der Waals surface area (Å²) in [6, 6.07) is 6.93. The van der Waals surface area contributed by atoms with Crippen LogP contribution in [-0.2, 0) is 6.54 Å². The third kappa shape index (κ3) is 4.74. The topological polar surface area (TPSA) is 15.3 Å². The first-order chi connectivity index (χ1) is 9.87. The smallest absolute Gasteiger partial charge is 0.0412 e. The van der Waals surface area contributed by atoms with Crippen molar-refractivity contribution in [2.24, 2.45) is 11.3 Å². The molecule has 0 amide bonds. The van der Waals surface area contributed by atoms with E-state index >= 15 is 0 Å². The van der Waals surface area contributed by atoms with E-state index in [1.807, 2.05) is 0 Å². The average molecular weight is 288 g/mol. The van der Waals surface area contributed by atoms with Gasteiger partial charge in [0.1, 0.15) is 0 Å². The van der Waals surface area contributed by atoms with Crippen LogP contribution in [0.25, 0.3) is 0 Å². The zero-order chi connectivity index (χ0) is 15.5. The quantitative estimate of drug-likeness (QED) is 0.865. The standard InChI is InChI=1S/C19H32N2/c1-15(2)12-20-13-17-11-16(3)7-8-18(17)21-10-6-9-19(4,5)14-21/h7-8,11,15,20H,6,9-10,12-14H2,1-5H3. The summed E-state index contributed by atoms with van der Waals surface area (Å²) in [6.45, 7) is 15.9. The molecule has 2 heteroatoms. The van der Waals surface area contributed by atoms with Crippen molar-refractivity contribution in [3.05, 3.63) is 29.3 Å². The van der Waals surface area contributed by atoms with Gasteiger partial charge < -0.3 is 10.2 Å². The van der Waals surface area contributed by atoms with Crippen LogP contribution >= 0.6 is 0 Å². The second-order valence-corrected chi connectivity index (χ2v) is 7.85. The van der Waals surface area contributed by atoms with E-state index in [0.717, 1.165) is 13.1 Å². The lowest BCUT2D eigenvalue weighted by molar-refractivity contribution is 0.293. The second-order valence-electron chi connectivity index (χ2n) is 7.85. The molecule has 0 saturated carbocycles. The number of nitrogens with one attached hydrogen (secondary N) is 1. The third-order valence-corrected chi connectivity index (χ3v) is 4.34. The number of hydrogen-bond acceptors (Lipinski definition) is 2. The molecule has 0 radical (unpaired) electrons. The van der Waals surface area contributed by atoms with Gasteiger partial charge in [-0.1, -0.05) is 45.4 Å². The molecule has 1 saturated heterocycles. The maximum atomic E-state index is 3.60. The highest BCUT2D eigenvalue weighted by molar-refractivity contribution is 5.55. The predicted molar refractivity (Wildman–Crippen MR) is 93.0 cm³/mol. The van der Waals surface area contributed by atoms with Gasteiger partial charge in [-0.2, -0.15) is 0 Å². The van der Waals surface area contributed by atoms with Crippen LogP contribution in [0.15, 0.2) is 18.2 Å². The molecule has 0 atom stereocenters. The average Bonchev–Trinajstić information content (AvgIpc) is 2.37. The van der Waals surface area contributed by atoms with Gasteiger partial charge in [0.2, 0.25) is 0 Å². The molecule has 1 aromatic carbocycles. The summed E-state index contributed by atoms with van der Waals surface area (Å²) in [6.07, 6.45) is 2.65. The van der Waals surface area contributed by atoms with Gasteiger partial charge in [0, 0.05) is 25.3 Å². The van der Waals surface area contributed by atoms with Gasteiger partial charge in [0.05, 0.1) is 0 Å². The highest BCUT2D eigenvalue weighted by Crippen LogP contribution is 2.33. The number of benzene rings is 1. The summed E-state index contributed by atoms with van der Waals surface area (Å²) in [5, 5.41) is 3.60. The second kappa shape index (κ2) is 6.83. The summed E-state index contributed by atoms with van der Waals surface area (Å²) in [5.41, 5.74) is 4.68. The van der Waals surface area contributed by atoms with E-state index in [-0.39, 0.29) is 0 Å². The molecule has 0 unspecified atom stereocenters. The number of hydrogen-bond donors (Lipinski definition) is 1. The molecule has 0 spiro atoms. The van der Waals surface area contributed by atoms with Crippen molar-refractivity contribution >= 4 is 5.69 Å². The molecular weight excluding hydrogens is 256 g/mol. The van der Waals surface area contributed by atoms with Gasteiger partial charge in [-0.25, -0.2) is 0 Å². The van der Waals surface area contributed by atoms with Crippen LogP contribution in [0.1, 0.15) is 51.7 Å². The minimum atomic E-state index is 0.436. The molecule has 1 aliphatic rings. The normalized spacial score (nSPS) is 18.3. The van der Waals surface area contributed by atoms with Crippen LogP contribution < -0.4 is 10.2 Å². The van der Waals surface area contributed by atoms with Crippen LogP contribution in [0.3, 0.4) is 0 Å². The molecule has 118 valence electrons. The van der Waals surface area contributed by atoms with Crippen LogP contribution in [0.5, 0.6) is 0 Å². The monoisotopic (exact) mass is 288 g/mol. The fourth-order valence-corrected chi connectivity index (χ4v) is 3.29. The van der Waals surface area contributed by atoms with Gasteiger partial charge in [-0.05, 0) is 49.3 Å². The molecule has 21 heavy (non-hydrogen) atoms. The molecule has 1 heterocycles. The van der Waals surface area contributed by atoms with Crippen molar-refractivity contribution in [1.82, 2.24) is 5.32 Å². The number of anilines is 1. The third-order valence-electron chi connectivity index (χ3n) is 4.34. The molecule has 2 nitrogen and oxygen atoms in total. The van der Waals surface area contributed by atoms with Crippen molar-refractivity contribution in [2.75, 3.05) is 24.5 Å². The molecule has 0 bridgehead atoms. The number of aryl methyl sites for hydroxylation is 1. The highest BCUT2D eigenvalue weighted by atomic mass is 15.1. The Hall–Kier alpha value is -1.02. The molecule has 0 aromatic heterocycles. The van der Waals surface area contributed by atoms with Crippen molar-refractivity contribution in [2.45, 2.75) is 54.0 Å². The lowest BCUT2D eigenvalue weighted by Gasteiger charge is -2.40. The van der Waals surface area contributed by atoms with E-state index in [1.165, 1.54) is 42.7 Å². The SMILES string of the molecule is Cc1ccc(N2CCCC(C)(C)C2)c(CNCC(C)C)c1. The van der Waals surface area contributed by atoms with Crippen LogP contribution in [0.4, 0.5) is 5.69 Å². The molecule has 0 aliphatic carbocycles. The molecule has 1 N–H and O–H groups in total. The Bertz CT molecular complexity index is 463. The van der Waals surface area contributed by atoms with E-state index < -0.39 is 0 Å². The minimum Gasteiger partial charge on any atom is -0.371 e. The lowest BCUT2D eigenvalue weighted by Crippen LogP contribution is -2.40. The molecule has 1 aromatic rings. The summed E-state index contributed by atoms with van der Waals surface area (Å²) >= 11 is 0. The first kappa shape index (κ1) is 16.4. The van der Waals surface area contributed by atoms with Gasteiger partial charge >= 0.3 is 0 Å². The van der Waals surface area contributed by atoms with Gasteiger partial charge in [-0.3, -0.25) is 0 Å². The fraction of sp³-hybridized carbons (Fsp3) is 0.684. The van der Waals surface area contributed by atoms with Crippen molar-refractivity contribution < 1.29 is 0 Å². The van der Waals surface area contributed by atoms with Gasteiger partial charge in [-0.15, -0.1) is 0 Å². The van der Waals surface area contributed by atoms with E-state index in [4.69, 9.17) is 0 Å². The molecule has 2 rings (SSSR count). The van der Waals surface area contributed by atoms with Crippen LogP contribution in [0, 0.1) is 18.3 Å². The minimum absolute atomic E-state index is 0.436. The van der Waals surface area contributed by atoms with E-state index in [0.29, 0.717) is 11.3 Å². The summed E-state index contributed by atoms with van der Waals surface area (Å²) in [7, 11) is 0. The van der Waals surface area contributed by atoms with E-state index in [2.05, 4.69) is 63.0 Å². The fourth-order valence-electron chi connectivity index (χ4n) is 3.29. The Kier molecular flexibility index (Phi) is 5.32. The van der Waals surface area contributed by atoms with Crippen LogP contribution in [0.2, 0.25) is 0 Å². The largest absolute Gasteiger partial charge is 0.371 e. The zero-order valence-electron chi connectivity index (χ0n) is 14.5.